The molecule has 5 nitrogen and oxygen atoms in total. The average Bonchev–Trinajstić information content (AvgIpc) is 2.42. The number of methoxy groups -OCH3 is 3. The minimum atomic E-state index is -3.70. The molecule has 0 saturated heterocycles. The zero-order valence-electron chi connectivity index (χ0n) is 12.4. The van der Waals surface area contributed by atoms with Crippen LogP contribution in [0.2, 0.25) is 0 Å². The molecule has 1 fully saturated rings. The number of hydrogen-bond acceptors (Lipinski definition) is 5. The van der Waals surface area contributed by atoms with Gasteiger partial charge in [-0.2, -0.15) is 0 Å². The van der Waals surface area contributed by atoms with Crippen LogP contribution in [0.1, 0.15) is 12.8 Å². The summed E-state index contributed by atoms with van der Waals surface area (Å²) in [5.41, 5.74) is 0. The number of halogens is 1. The average molecular weight is 337 g/mol. The van der Waals surface area contributed by atoms with E-state index in [1.165, 1.54) is 32.1 Å². The van der Waals surface area contributed by atoms with Gasteiger partial charge in [0, 0.05) is 31.5 Å². The van der Waals surface area contributed by atoms with E-state index in [0.29, 0.717) is 6.10 Å². The summed E-state index contributed by atoms with van der Waals surface area (Å²) in [5, 5.41) is 0. The van der Waals surface area contributed by atoms with Crippen molar-refractivity contribution < 1.29 is 22.6 Å². The Morgan fingerprint density at radius 1 is 1.19 bits per heavy atom. The van der Waals surface area contributed by atoms with E-state index >= 15 is 0 Å². The summed E-state index contributed by atoms with van der Waals surface area (Å²) in [7, 11) is 6.35. The van der Waals surface area contributed by atoms with Crippen LogP contribution in [-0.4, -0.2) is 42.5 Å². The summed E-state index contributed by atoms with van der Waals surface area (Å²) < 4.78 is 36.7. The van der Waals surface area contributed by atoms with Crippen LogP contribution in [0.25, 0.3) is 0 Å². The number of ether oxygens (including phenoxy) is 3. The van der Waals surface area contributed by atoms with Gasteiger partial charge >= 0.3 is 0 Å². The molecular weight excluding hydrogens is 316 g/mol. The third-order valence-electron chi connectivity index (χ3n) is 3.26. The lowest BCUT2D eigenvalue weighted by Crippen LogP contribution is -2.32. The molecule has 0 atom stereocenters. The van der Waals surface area contributed by atoms with Crippen LogP contribution in [0.3, 0.4) is 0 Å². The summed E-state index contributed by atoms with van der Waals surface area (Å²) in [5.74, 6) is 1.02. The highest BCUT2D eigenvalue weighted by atomic mass is 35.7. The molecule has 21 heavy (non-hydrogen) atoms. The van der Waals surface area contributed by atoms with E-state index in [4.69, 9.17) is 24.9 Å². The van der Waals surface area contributed by atoms with Crippen LogP contribution in [0, 0.1) is 5.92 Å². The molecule has 1 aliphatic rings. The lowest BCUT2D eigenvalue weighted by molar-refractivity contribution is -0.0258. The fraction of sp³-hybridized carbons (Fsp3) is 0.571. The van der Waals surface area contributed by atoms with Gasteiger partial charge in [-0.3, -0.25) is 0 Å². The molecule has 0 radical (unpaired) electrons. The molecule has 0 aliphatic heterocycles. The highest BCUT2D eigenvalue weighted by Crippen LogP contribution is 2.29. The Bertz CT molecular complexity index is 526. The van der Waals surface area contributed by atoms with Crippen molar-refractivity contribution >= 4 is 19.7 Å². The first-order valence-corrected chi connectivity index (χ1v) is 8.82. The van der Waals surface area contributed by atoms with Gasteiger partial charge in [0.15, 0.2) is 0 Å². The SMILES string of the molecule is COCC1CC(OC)C1.COc1ccccc1S(=O)(=O)Cl. The van der Waals surface area contributed by atoms with Gasteiger partial charge in [-0.15, -0.1) is 0 Å². The molecule has 0 N–H and O–H groups in total. The number of benzene rings is 1. The predicted octanol–water partition coefficient (Wildman–Crippen LogP) is 2.68. The molecule has 0 unspecified atom stereocenters. The van der Waals surface area contributed by atoms with Crippen molar-refractivity contribution in [2.24, 2.45) is 5.92 Å². The maximum atomic E-state index is 10.9. The van der Waals surface area contributed by atoms with E-state index in [-0.39, 0.29) is 10.6 Å². The van der Waals surface area contributed by atoms with Crippen LogP contribution in [0.4, 0.5) is 0 Å². The highest BCUT2D eigenvalue weighted by Gasteiger charge is 2.28. The normalized spacial score (nSPS) is 21.0. The van der Waals surface area contributed by atoms with Crippen LogP contribution >= 0.6 is 10.7 Å². The van der Waals surface area contributed by atoms with Gasteiger partial charge in [0.2, 0.25) is 0 Å². The maximum Gasteiger partial charge on any atom is 0.264 e. The molecule has 0 bridgehead atoms. The molecule has 7 heteroatoms. The summed E-state index contributed by atoms with van der Waals surface area (Å²) in [6.07, 6.45) is 2.89. The summed E-state index contributed by atoms with van der Waals surface area (Å²) in [6.45, 7) is 0.903. The molecule has 2 rings (SSSR count). The molecule has 1 saturated carbocycles. The van der Waals surface area contributed by atoms with Gasteiger partial charge in [-0.25, -0.2) is 8.42 Å². The van der Waals surface area contributed by atoms with E-state index < -0.39 is 9.05 Å². The minimum Gasteiger partial charge on any atom is -0.495 e. The van der Waals surface area contributed by atoms with Crippen molar-refractivity contribution in [3.8, 4) is 5.75 Å². The van der Waals surface area contributed by atoms with Crippen molar-refractivity contribution in [2.45, 2.75) is 23.8 Å². The molecule has 120 valence electrons. The van der Waals surface area contributed by atoms with Crippen molar-refractivity contribution in [1.82, 2.24) is 0 Å². The van der Waals surface area contributed by atoms with Crippen LogP contribution in [0.15, 0.2) is 29.2 Å². The van der Waals surface area contributed by atoms with Gasteiger partial charge in [0.05, 0.1) is 13.2 Å². The molecule has 1 aromatic carbocycles. The second-order valence-electron chi connectivity index (χ2n) is 4.74. The van der Waals surface area contributed by atoms with E-state index in [1.807, 2.05) is 0 Å². The summed E-state index contributed by atoms with van der Waals surface area (Å²) in [6, 6.07) is 6.18. The van der Waals surface area contributed by atoms with Gasteiger partial charge in [0.1, 0.15) is 10.6 Å². The Morgan fingerprint density at radius 2 is 1.81 bits per heavy atom. The zero-order valence-corrected chi connectivity index (χ0v) is 14.0. The largest absolute Gasteiger partial charge is 0.495 e. The standard InChI is InChI=1S/C7H7ClO3S.C7H14O2/c1-11-6-4-2-3-5-7(6)12(8,9)10;1-8-5-6-3-7(4-6)9-2/h2-5H,1H3;6-7H,3-5H2,1-2H3. The molecule has 0 aromatic heterocycles. The first kappa shape index (κ1) is 18.2. The third-order valence-corrected chi connectivity index (χ3v) is 4.62. The lowest BCUT2D eigenvalue weighted by atomic mass is 9.83. The first-order valence-electron chi connectivity index (χ1n) is 6.51. The third kappa shape index (κ3) is 5.82. The van der Waals surface area contributed by atoms with E-state index in [9.17, 15) is 8.42 Å². The second kappa shape index (κ2) is 8.58. The molecule has 0 heterocycles. The number of rotatable bonds is 5. The Labute approximate surface area is 130 Å². The monoisotopic (exact) mass is 336 g/mol. The van der Waals surface area contributed by atoms with Crippen molar-refractivity contribution in [2.75, 3.05) is 27.9 Å². The van der Waals surface area contributed by atoms with Gasteiger partial charge in [-0.05, 0) is 30.9 Å². The van der Waals surface area contributed by atoms with Crippen LogP contribution in [0.5, 0.6) is 5.75 Å². The second-order valence-corrected chi connectivity index (χ2v) is 7.27. The van der Waals surface area contributed by atoms with Gasteiger partial charge < -0.3 is 14.2 Å². The number of para-hydroxylation sites is 1. The molecule has 0 amide bonds. The minimum absolute atomic E-state index is 0.00540. The van der Waals surface area contributed by atoms with Gasteiger partial charge in [-0.1, -0.05) is 12.1 Å². The topological polar surface area (TPSA) is 61.8 Å². The lowest BCUT2D eigenvalue weighted by Gasteiger charge is -2.33. The van der Waals surface area contributed by atoms with Gasteiger partial charge in [0.25, 0.3) is 9.05 Å². The van der Waals surface area contributed by atoms with Crippen molar-refractivity contribution in [1.29, 1.82) is 0 Å². The van der Waals surface area contributed by atoms with Crippen molar-refractivity contribution in [3.05, 3.63) is 24.3 Å². The number of hydrogen-bond donors (Lipinski definition) is 0. The smallest absolute Gasteiger partial charge is 0.264 e. The Morgan fingerprint density at radius 3 is 2.24 bits per heavy atom. The Balaban J connectivity index is 0.000000219. The van der Waals surface area contributed by atoms with E-state index in [1.54, 1.807) is 26.4 Å². The highest BCUT2D eigenvalue weighted by molar-refractivity contribution is 8.13. The predicted molar refractivity (Wildman–Crippen MR) is 81.4 cm³/mol. The summed E-state index contributed by atoms with van der Waals surface area (Å²) >= 11 is 0. The van der Waals surface area contributed by atoms with E-state index in [2.05, 4.69) is 0 Å². The Kier molecular flexibility index (Phi) is 7.45. The fourth-order valence-electron chi connectivity index (χ4n) is 2.06. The molecular formula is C14H21ClO5S. The van der Waals surface area contributed by atoms with Crippen molar-refractivity contribution in [3.63, 3.8) is 0 Å². The molecule has 1 aromatic rings. The maximum absolute atomic E-state index is 10.9. The van der Waals surface area contributed by atoms with Crippen LogP contribution < -0.4 is 4.74 Å². The summed E-state index contributed by atoms with van der Waals surface area (Å²) in [4.78, 5) is -0.00540. The van der Waals surface area contributed by atoms with Crippen LogP contribution in [-0.2, 0) is 18.5 Å². The molecule has 0 spiro atoms. The Hall–Kier alpha value is -0.820. The zero-order chi connectivity index (χ0) is 15.9. The fourth-order valence-corrected chi connectivity index (χ4v) is 3.07. The first-order chi connectivity index (χ1) is 9.92. The van der Waals surface area contributed by atoms with E-state index in [0.717, 1.165) is 12.5 Å². The quantitative estimate of drug-likeness (QED) is 0.774. The molecule has 1 aliphatic carbocycles.